The highest BCUT2D eigenvalue weighted by Crippen LogP contribution is 2.16. The number of amides is 1. The number of benzene rings is 1. The number of piperidine rings is 1. The van der Waals surface area contributed by atoms with Gasteiger partial charge in [0.05, 0.1) is 29.3 Å². The molecule has 3 rings (SSSR count). The molecule has 1 aromatic heterocycles. The van der Waals surface area contributed by atoms with Crippen molar-refractivity contribution in [1.82, 2.24) is 14.8 Å². The zero-order valence-corrected chi connectivity index (χ0v) is 15.1. The van der Waals surface area contributed by atoms with Gasteiger partial charge in [-0.3, -0.25) is 9.69 Å². The molecule has 1 amide bonds. The van der Waals surface area contributed by atoms with Crippen LogP contribution in [0.1, 0.15) is 12.0 Å². The Balaban J connectivity index is 1.74. The summed E-state index contributed by atoms with van der Waals surface area (Å²) in [5.74, 6) is 0. The van der Waals surface area contributed by atoms with Crippen molar-refractivity contribution in [2.45, 2.75) is 25.1 Å². The first kappa shape index (κ1) is 18.9. The Labute approximate surface area is 156 Å². The minimum Gasteiger partial charge on any atom is -0.465 e. The summed E-state index contributed by atoms with van der Waals surface area (Å²) in [4.78, 5) is 25.4. The van der Waals surface area contributed by atoms with Crippen molar-refractivity contribution < 1.29 is 14.6 Å². The topological polar surface area (TPSA) is 108 Å². The number of nitrogens with zero attached hydrogens (tertiary/aromatic N) is 3. The second-order valence-electron chi connectivity index (χ2n) is 6.63. The number of fused-ring (bicyclic) bond motifs is 1. The van der Waals surface area contributed by atoms with Gasteiger partial charge in [-0.1, -0.05) is 6.07 Å². The lowest BCUT2D eigenvalue weighted by molar-refractivity contribution is 0.00610. The van der Waals surface area contributed by atoms with Crippen LogP contribution in [0.15, 0.2) is 35.1 Å². The van der Waals surface area contributed by atoms with Crippen LogP contribution in [-0.2, 0) is 11.3 Å². The maximum Gasteiger partial charge on any atom is 0.404 e. The molecule has 0 radical (unpaired) electrons. The number of carbonyl (C=O) groups is 1. The molecule has 1 saturated heterocycles. The zero-order chi connectivity index (χ0) is 19.4. The third-order valence-corrected chi connectivity index (χ3v) is 5.02. The van der Waals surface area contributed by atoms with Crippen molar-refractivity contribution in [3.8, 4) is 6.07 Å². The third kappa shape index (κ3) is 4.27. The second-order valence-corrected chi connectivity index (χ2v) is 6.63. The summed E-state index contributed by atoms with van der Waals surface area (Å²) >= 11 is 0. The van der Waals surface area contributed by atoms with Gasteiger partial charge in [-0.25, -0.2) is 4.79 Å². The van der Waals surface area contributed by atoms with Gasteiger partial charge in [-0.2, -0.15) is 5.26 Å². The SMILES string of the molecule is CO[C@H]1CN(CCn2c(=O)ccc3ccc(C#N)cc32)CC[C@H]1NC(=O)O. The van der Waals surface area contributed by atoms with Gasteiger partial charge in [-0.05, 0) is 30.0 Å². The Bertz CT molecular complexity index is 933. The molecular formula is C19H22N4O4. The maximum atomic E-state index is 12.4. The van der Waals surface area contributed by atoms with E-state index in [2.05, 4.69) is 16.3 Å². The fourth-order valence-corrected chi connectivity index (χ4v) is 3.58. The van der Waals surface area contributed by atoms with Gasteiger partial charge < -0.3 is 19.7 Å². The average Bonchev–Trinajstić information content (AvgIpc) is 2.67. The summed E-state index contributed by atoms with van der Waals surface area (Å²) in [6, 6.07) is 10.5. The number of hydrogen-bond acceptors (Lipinski definition) is 5. The Morgan fingerprint density at radius 2 is 2.15 bits per heavy atom. The first-order valence-corrected chi connectivity index (χ1v) is 8.80. The van der Waals surface area contributed by atoms with Crippen LogP contribution in [-0.4, -0.2) is 59.6 Å². The van der Waals surface area contributed by atoms with Crippen molar-refractivity contribution >= 4 is 17.0 Å². The Morgan fingerprint density at radius 3 is 2.85 bits per heavy atom. The van der Waals surface area contributed by atoms with E-state index in [1.807, 2.05) is 6.07 Å². The van der Waals surface area contributed by atoms with E-state index < -0.39 is 6.09 Å². The van der Waals surface area contributed by atoms with Crippen molar-refractivity contribution in [3.05, 3.63) is 46.2 Å². The standard InChI is InChI=1S/C19H22N4O4/c1-27-17-12-22(7-6-15(17)21-19(25)26)8-9-23-16-10-13(11-20)2-3-14(16)4-5-18(23)24/h2-5,10,15,17,21H,6-9,12H2,1H3,(H,25,26)/t15-,17+/m1/s1. The highest BCUT2D eigenvalue weighted by atomic mass is 16.5. The quantitative estimate of drug-likeness (QED) is 0.820. The largest absolute Gasteiger partial charge is 0.465 e. The number of rotatable bonds is 5. The molecule has 27 heavy (non-hydrogen) atoms. The maximum absolute atomic E-state index is 12.4. The van der Waals surface area contributed by atoms with Gasteiger partial charge in [0.15, 0.2) is 0 Å². The fourth-order valence-electron chi connectivity index (χ4n) is 3.58. The molecule has 8 heteroatoms. The fraction of sp³-hybridized carbons (Fsp3) is 0.421. The molecule has 0 bridgehead atoms. The lowest BCUT2D eigenvalue weighted by Gasteiger charge is -2.37. The highest BCUT2D eigenvalue weighted by molar-refractivity contribution is 5.80. The summed E-state index contributed by atoms with van der Waals surface area (Å²) in [7, 11) is 1.57. The zero-order valence-electron chi connectivity index (χ0n) is 15.1. The van der Waals surface area contributed by atoms with Crippen molar-refractivity contribution in [2.75, 3.05) is 26.7 Å². The van der Waals surface area contributed by atoms with E-state index in [-0.39, 0.29) is 17.7 Å². The van der Waals surface area contributed by atoms with E-state index in [1.165, 1.54) is 6.07 Å². The molecule has 0 saturated carbocycles. The Morgan fingerprint density at radius 1 is 1.37 bits per heavy atom. The van der Waals surface area contributed by atoms with Crippen LogP contribution in [0.3, 0.4) is 0 Å². The molecule has 0 aliphatic carbocycles. The number of hydrogen-bond donors (Lipinski definition) is 2. The van der Waals surface area contributed by atoms with Gasteiger partial charge in [0.2, 0.25) is 0 Å². The molecular weight excluding hydrogens is 348 g/mol. The summed E-state index contributed by atoms with van der Waals surface area (Å²) in [6.45, 7) is 2.42. The molecule has 2 N–H and O–H groups in total. The number of pyridine rings is 1. The van der Waals surface area contributed by atoms with Crippen molar-refractivity contribution in [3.63, 3.8) is 0 Å². The van der Waals surface area contributed by atoms with Crippen LogP contribution in [0.25, 0.3) is 10.9 Å². The lowest BCUT2D eigenvalue weighted by Crippen LogP contribution is -2.55. The van der Waals surface area contributed by atoms with Crippen molar-refractivity contribution in [2.24, 2.45) is 0 Å². The van der Waals surface area contributed by atoms with Crippen LogP contribution >= 0.6 is 0 Å². The Kier molecular flexibility index (Phi) is 5.74. The summed E-state index contributed by atoms with van der Waals surface area (Å²) in [5.41, 5.74) is 1.15. The van der Waals surface area contributed by atoms with E-state index in [1.54, 1.807) is 29.9 Å². The van der Waals surface area contributed by atoms with E-state index in [9.17, 15) is 9.59 Å². The molecule has 0 unspecified atom stereocenters. The van der Waals surface area contributed by atoms with E-state index >= 15 is 0 Å². The second kappa shape index (κ2) is 8.20. The molecule has 1 aliphatic heterocycles. The first-order valence-electron chi connectivity index (χ1n) is 8.80. The molecule has 2 heterocycles. The van der Waals surface area contributed by atoms with Gasteiger partial charge in [-0.15, -0.1) is 0 Å². The van der Waals surface area contributed by atoms with Gasteiger partial charge in [0, 0.05) is 39.4 Å². The van der Waals surface area contributed by atoms with E-state index in [4.69, 9.17) is 15.1 Å². The van der Waals surface area contributed by atoms with Gasteiger partial charge >= 0.3 is 6.09 Å². The minimum atomic E-state index is -1.05. The molecule has 1 aromatic carbocycles. The first-order chi connectivity index (χ1) is 13.0. The van der Waals surface area contributed by atoms with E-state index in [0.29, 0.717) is 38.2 Å². The number of methoxy groups -OCH3 is 1. The number of nitriles is 1. The molecule has 1 fully saturated rings. The van der Waals surface area contributed by atoms with Crippen LogP contribution in [0.4, 0.5) is 4.79 Å². The average molecular weight is 370 g/mol. The smallest absolute Gasteiger partial charge is 0.404 e. The number of aromatic nitrogens is 1. The molecule has 2 atom stereocenters. The number of ether oxygens (including phenoxy) is 1. The lowest BCUT2D eigenvalue weighted by atomic mass is 10.0. The Hall–Kier alpha value is -2.89. The molecule has 142 valence electrons. The summed E-state index contributed by atoms with van der Waals surface area (Å²) in [6.07, 6.45) is -0.635. The van der Waals surface area contributed by atoms with Gasteiger partial charge in [0.1, 0.15) is 0 Å². The summed E-state index contributed by atoms with van der Waals surface area (Å²) in [5, 5.41) is 21.5. The monoisotopic (exact) mass is 370 g/mol. The predicted octanol–water partition coefficient (Wildman–Crippen LogP) is 1.23. The molecule has 8 nitrogen and oxygen atoms in total. The van der Waals surface area contributed by atoms with E-state index in [0.717, 1.165) is 10.9 Å². The molecule has 1 aliphatic rings. The highest BCUT2D eigenvalue weighted by Gasteiger charge is 2.30. The van der Waals surface area contributed by atoms with Crippen LogP contribution in [0, 0.1) is 11.3 Å². The normalized spacial score (nSPS) is 20.3. The number of nitrogens with one attached hydrogen (secondary N) is 1. The van der Waals surface area contributed by atoms with Gasteiger partial charge in [0.25, 0.3) is 5.56 Å². The number of likely N-dealkylation sites (tertiary alicyclic amines) is 1. The predicted molar refractivity (Wildman–Crippen MR) is 99.7 cm³/mol. The van der Waals surface area contributed by atoms with Crippen LogP contribution in [0.5, 0.6) is 0 Å². The molecule has 2 aromatic rings. The van der Waals surface area contributed by atoms with Crippen LogP contribution < -0.4 is 10.9 Å². The third-order valence-electron chi connectivity index (χ3n) is 5.02. The number of carboxylic acid groups (broad SMARTS) is 1. The summed E-state index contributed by atoms with van der Waals surface area (Å²) < 4.78 is 7.12. The van der Waals surface area contributed by atoms with Crippen molar-refractivity contribution in [1.29, 1.82) is 5.26 Å². The molecule has 0 spiro atoms. The van der Waals surface area contributed by atoms with Crippen LogP contribution in [0.2, 0.25) is 0 Å². The minimum absolute atomic E-state index is 0.108.